The molecule has 10 atom stereocenters. The molecule has 0 radical (unpaired) electrons. The lowest BCUT2D eigenvalue weighted by Gasteiger charge is -2.63. The van der Waals surface area contributed by atoms with Crippen molar-refractivity contribution in [2.24, 2.45) is 46.2 Å². The van der Waals surface area contributed by atoms with Crippen LogP contribution in [0.2, 0.25) is 0 Å². The Morgan fingerprint density at radius 3 is 2.29 bits per heavy atom. The Labute approximate surface area is 146 Å². The third-order valence-electron chi connectivity index (χ3n) is 9.15. The normalized spacial score (nSPS) is 60.0. The summed E-state index contributed by atoms with van der Waals surface area (Å²) < 4.78 is 0. The Kier molecular flexibility index (Phi) is 3.95. The summed E-state index contributed by atoms with van der Waals surface area (Å²) >= 11 is 0. The minimum absolute atomic E-state index is 0.146. The number of hydrogen-bond donors (Lipinski definition) is 3. The number of nitrogens with two attached hydrogens (primary N) is 1. The molecular formula is C21H35NO2. The average molecular weight is 334 g/mol. The molecule has 136 valence electrons. The van der Waals surface area contributed by atoms with Gasteiger partial charge in [-0.2, -0.15) is 0 Å². The molecule has 3 heteroatoms. The molecule has 5 unspecified atom stereocenters. The fraction of sp³-hybridized carbons (Fsp3) is 0.905. The zero-order valence-electron chi connectivity index (χ0n) is 15.3. The van der Waals surface area contributed by atoms with Crippen molar-refractivity contribution >= 4 is 0 Å². The third kappa shape index (κ3) is 2.07. The van der Waals surface area contributed by atoms with Crippen LogP contribution >= 0.6 is 0 Å². The highest BCUT2D eigenvalue weighted by Gasteiger charge is 2.64. The summed E-state index contributed by atoms with van der Waals surface area (Å²) in [5, 5.41) is 22.1. The van der Waals surface area contributed by atoms with E-state index in [9.17, 15) is 10.2 Å². The zero-order chi connectivity index (χ0) is 17.3. The Balaban J connectivity index is 1.71. The maximum atomic E-state index is 11.1. The van der Waals surface area contributed by atoms with Crippen molar-refractivity contribution in [3.63, 3.8) is 0 Å². The summed E-state index contributed by atoms with van der Waals surface area (Å²) in [6.45, 7) is 8.88. The molecule has 0 saturated heterocycles. The summed E-state index contributed by atoms with van der Waals surface area (Å²) in [6.07, 6.45) is 8.82. The SMILES string of the molecule is C=C[C@H]1CCC2C3C(CCC21C)[C@@]1(C)CC[C@H](N)CC1[C@@H](O)[C@@H]3O. The quantitative estimate of drug-likeness (QED) is 0.646. The molecule has 0 aromatic carbocycles. The first-order chi connectivity index (χ1) is 11.3. The molecule has 0 heterocycles. The molecule has 4 fully saturated rings. The van der Waals surface area contributed by atoms with E-state index in [4.69, 9.17) is 5.73 Å². The summed E-state index contributed by atoms with van der Waals surface area (Å²) in [5.41, 5.74) is 6.62. The number of hydrogen-bond acceptors (Lipinski definition) is 3. The van der Waals surface area contributed by atoms with E-state index in [2.05, 4.69) is 26.5 Å². The minimum Gasteiger partial charge on any atom is -0.390 e. The second-order valence-electron chi connectivity index (χ2n) is 9.88. The molecule has 4 aliphatic carbocycles. The van der Waals surface area contributed by atoms with E-state index in [0.29, 0.717) is 17.8 Å². The van der Waals surface area contributed by atoms with Gasteiger partial charge in [0, 0.05) is 6.04 Å². The zero-order valence-corrected chi connectivity index (χ0v) is 15.3. The lowest BCUT2D eigenvalue weighted by molar-refractivity contribution is -0.214. The van der Waals surface area contributed by atoms with Gasteiger partial charge in [-0.15, -0.1) is 6.58 Å². The molecule has 0 bridgehead atoms. The largest absolute Gasteiger partial charge is 0.390 e. The maximum Gasteiger partial charge on any atom is 0.0836 e. The highest BCUT2D eigenvalue weighted by atomic mass is 16.3. The van der Waals surface area contributed by atoms with Crippen LogP contribution in [0.5, 0.6) is 0 Å². The van der Waals surface area contributed by atoms with Crippen LogP contribution in [0.3, 0.4) is 0 Å². The summed E-state index contributed by atoms with van der Waals surface area (Å²) in [4.78, 5) is 0. The van der Waals surface area contributed by atoms with Crippen LogP contribution in [-0.4, -0.2) is 28.5 Å². The molecule has 24 heavy (non-hydrogen) atoms. The lowest BCUT2D eigenvalue weighted by atomic mass is 9.43. The fourth-order valence-electron chi connectivity index (χ4n) is 7.72. The van der Waals surface area contributed by atoms with Crippen molar-refractivity contribution in [1.29, 1.82) is 0 Å². The predicted octanol–water partition coefficient (Wildman–Crippen LogP) is 3.10. The number of rotatable bonds is 1. The van der Waals surface area contributed by atoms with Crippen LogP contribution in [-0.2, 0) is 0 Å². The van der Waals surface area contributed by atoms with Gasteiger partial charge in [0.15, 0.2) is 0 Å². The molecule has 4 saturated carbocycles. The predicted molar refractivity (Wildman–Crippen MR) is 96.2 cm³/mol. The summed E-state index contributed by atoms with van der Waals surface area (Å²) in [6, 6.07) is 0.187. The molecular weight excluding hydrogens is 298 g/mol. The van der Waals surface area contributed by atoms with Gasteiger partial charge in [0.1, 0.15) is 0 Å². The van der Waals surface area contributed by atoms with Crippen LogP contribution in [0.15, 0.2) is 12.7 Å². The highest BCUT2D eigenvalue weighted by Crippen LogP contribution is 2.67. The van der Waals surface area contributed by atoms with Gasteiger partial charge >= 0.3 is 0 Å². The minimum atomic E-state index is -0.604. The first-order valence-corrected chi connectivity index (χ1v) is 10.1. The van der Waals surface area contributed by atoms with Gasteiger partial charge in [-0.1, -0.05) is 19.9 Å². The second kappa shape index (κ2) is 5.56. The number of aliphatic hydroxyl groups excluding tert-OH is 2. The van der Waals surface area contributed by atoms with E-state index in [1.807, 2.05) is 0 Å². The number of allylic oxidation sites excluding steroid dienone is 1. The van der Waals surface area contributed by atoms with E-state index in [0.717, 1.165) is 19.3 Å². The number of fused-ring (bicyclic) bond motifs is 5. The maximum absolute atomic E-state index is 11.1. The average Bonchev–Trinajstić information content (AvgIpc) is 2.90. The smallest absolute Gasteiger partial charge is 0.0836 e. The number of aliphatic hydroxyl groups is 2. The van der Waals surface area contributed by atoms with Gasteiger partial charge in [0.2, 0.25) is 0 Å². The van der Waals surface area contributed by atoms with Crippen LogP contribution in [0, 0.1) is 40.4 Å². The Bertz CT molecular complexity index is 522. The van der Waals surface area contributed by atoms with E-state index in [1.54, 1.807) is 0 Å². The first-order valence-electron chi connectivity index (χ1n) is 10.1. The molecule has 0 aromatic heterocycles. The van der Waals surface area contributed by atoms with Crippen molar-refractivity contribution < 1.29 is 10.2 Å². The molecule has 3 nitrogen and oxygen atoms in total. The molecule has 0 aliphatic heterocycles. The summed E-state index contributed by atoms with van der Waals surface area (Å²) in [7, 11) is 0. The van der Waals surface area contributed by atoms with Crippen molar-refractivity contribution in [3.8, 4) is 0 Å². The molecule has 4 aliphatic rings. The van der Waals surface area contributed by atoms with E-state index in [-0.39, 0.29) is 28.7 Å². The monoisotopic (exact) mass is 333 g/mol. The van der Waals surface area contributed by atoms with Gasteiger partial charge in [-0.3, -0.25) is 0 Å². The lowest BCUT2D eigenvalue weighted by Crippen LogP contribution is -2.64. The van der Waals surface area contributed by atoms with Crippen molar-refractivity contribution in [3.05, 3.63) is 12.7 Å². The van der Waals surface area contributed by atoms with Crippen molar-refractivity contribution in [2.45, 2.75) is 77.0 Å². The van der Waals surface area contributed by atoms with Crippen LogP contribution in [0.1, 0.15) is 58.8 Å². The van der Waals surface area contributed by atoms with Crippen LogP contribution in [0.25, 0.3) is 0 Å². The molecule has 4 rings (SSSR count). The van der Waals surface area contributed by atoms with E-state index < -0.39 is 12.2 Å². The summed E-state index contributed by atoms with van der Waals surface area (Å²) in [5.74, 6) is 2.04. The van der Waals surface area contributed by atoms with Gasteiger partial charge in [-0.05, 0) is 85.4 Å². The Morgan fingerprint density at radius 1 is 0.917 bits per heavy atom. The Morgan fingerprint density at radius 2 is 1.58 bits per heavy atom. The third-order valence-corrected chi connectivity index (χ3v) is 9.15. The molecule has 0 spiro atoms. The van der Waals surface area contributed by atoms with Gasteiger partial charge < -0.3 is 15.9 Å². The molecule has 0 aromatic rings. The highest BCUT2D eigenvalue weighted by molar-refractivity contribution is 5.15. The van der Waals surface area contributed by atoms with Crippen molar-refractivity contribution in [2.75, 3.05) is 0 Å². The van der Waals surface area contributed by atoms with Gasteiger partial charge in [0.05, 0.1) is 12.2 Å². The van der Waals surface area contributed by atoms with Crippen molar-refractivity contribution in [1.82, 2.24) is 0 Å². The second-order valence-corrected chi connectivity index (χ2v) is 9.88. The Hall–Kier alpha value is -0.380. The van der Waals surface area contributed by atoms with Gasteiger partial charge in [0.25, 0.3) is 0 Å². The standard InChI is InChI=1S/C21H35NO2/c1-4-12-5-6-14-17-15(8-10-20(12,14)2)21(3)9-7-13(22)11-16(21)18(23)19(17)24/h4,12-19,23-24H,1,5-11,22H2,2-3H3/t12-,13-,14?,15?,16?,17?,18+,19+,20?,21+/m0/s1. The first kappa shape index (κ1) is 17.1. The van der Waals surface area contributed by atoms with Gasteiger partial charge in [-0.25, -0.2) is 0 Å². The molecule has 0 amide bonds. The topological polar surface area (TPSA) is 66.5 Å². The van der Waals surface area contributed by atoms with E-state index >= 15 is 0 Å². The fourth-order valence-corrected chi connectivity index (χ4v) is 7.72. The molecule has 4 N–H and O–H groups in total. The van der Waals surface area contributed by atoms with Crippen LogP contribution < -0.4 is 5.73 Å². The van der Waals surface area contributed by atoms with Crippen LogP contribution in [0.4, 0.5) is 0 Å². The van der Waals surface area contributed by atoms with E-state index in [1.165, 1.54) is 25.7 Å².